The molecule has 0 aliphatic heterocycles. The van der Waals surface area contributed by atoms with Crippen molar-refractivity contribution in [3.8, 4) is 0 Å². The van der Waals surface area contributed by atoms with Crippen molar-refractivity contribution in [1.29, 1.82) is 0 Å². The molecule has 2 rings (SSSR count). The number of anilines is 1. The Kier molecular flexibility index (Phi) is 5.19. The Balaban J connectivity index is 2.18. The van der Waals surface area contributed by atoms with E-state index < -0.39 is 0 Å². The zero-order chi connectivity index (χ0) is 14.4. The zero-order valence-corrected chi connectivity index (χ0v) is 12.3. The average Bonchev–Trinajstić information content (AvgIpc) is 2.48. The molecular formula is C18H24N2. The first kappa shape index (κ1) is 14.6. The lowest BCUT2D eigenvalue weighted by molar-refractivity contribution is 0.703. The molecule has 106 valence electrons. The molecule has 2 heteroatoms. The van der Waals surface area contributed by atoms with Gasteiger partial charge in [0, 0.05) is 5.69 Å². The highest BCUT2D eigenvalue weighted by molar-refractivity contribution is 5.48. The first-order valence-corrected chi connectivity index (χ1v) is 7.32. The molecule has 0 fully saturated rings. The Morgan fingerprint density at radius 3 is 2.30 bits per heavy atom. The van der Waals surface area contributed by atoms with Gasteiger partial charge < -0.3 is 11.1 Å². The van der Waals surface area contributed by atoms with Gasteiger partial charge in [0.05, 0.1) is 6.04 Å². The normalized spacial score (nSPS) is 12.4. The zero-order valence-electron chi connectivity index (χ0n) is 12.3. The third kappa shape index (κ3) is 3.84. The van der Waals surface area contributed by atoms with Crippen molar-refractivity contribution in [2.45, 2.75) is 32.2 Å². The van der Waals surface area contributed by atoms with Gasteiger partial charge in [-0.1, -0.05) is 56.3 Å². The van der Waals surface area contributed by atoms with Gasteiger partial charge in [0.15, 0.2) is 0 Å². The molecule has 0 aliphatic carbocycles. The first-order chi connectivity index (χ1) is 9.70. The molecule has 2 nitrogen and oxygen atoms in total. The van der Waals surface area contributed by atoms with E-state index in [-0.39, 0.29) is 6.04 Å². The molecule has 0 aliphatic rings. The average molecular weight is 268 g/mol. The van der Waals surface area contributed by atoms with E-state index in [0.717, 1.165) is 6.42 Å². The van der Waals surface area contributed by atoms with E-state index in [2.05, 4.69) is 67.7 Å². The van der Waals surface area contributed by atoms with Gasteiger partial charge >= 0.3 is 0 Å². The minimum absolute atomic E-state index is 0.267. The van der Waals surface area contributed by atoms with E-state index in [1.165, 1.54) is 16.8 Å². The SMILES string of the molecule is CC(C)c1cccc(NC(CCN)c2ccccc2)c1. The number of rotatable bonds is 6. The van der Waals surface area contributed by atoms with E-state index in [4.69, 9.17) is 5.73 Å². The minimum atomic E-state index is 0.267. The summed E-state index contributed by atoms with van der Waals surface area (Å²) in [6.07, 6.45) is 0.927. The molecular weight excluding hydrogens is 244 g/mol. The fraction of sp³-hybridized carbons (Fsp3) is 0.333. The summed E-state index contributed by atoms with van der Waals surface area (Å²) in [7, 11) is 0. The number of benzene rings is 2. The first-order valence-electron chi connectivity index (χ1n) is 7.32. The second kappa shape index (κ2) is 7.11. The van der Waals surface area contributed by atoms with Gasteiger partial charge in [-0.15, -0.1) is 0 Å². The molecule has 0 spiro atoms. The van der Waals surface area contributed by atoms with Gasteiger partial charge in [-0.25, -0.2) is 0 Å². The summed E-state index contributed by atoms with van der Waals surface area (Å²) in [5.74, 6) is 0.543. The number of nitrogens with one attached hydrogen (secondary N) is 1. The van der Waals surface area contributed by atoms with Gasteiger partial charge in [0.1, 0.15) is 0 Å². The van der Waals surface area contributed by atoms with Gasteiger partial charge in [0.2, 0.25) is 0 Å². The largest absolute Gasteiger partial charge is 0.378 e. The van der Waals surface area contributed by atoms with Crippen LogP contribution in [-0.4, -0.2) is 6.54 Å². The quantitative estimate of drug-likeness (QED) is 0.819. The highest BCUT2D eigenvalue weighted by atomic mass is 14.9. The van der Waals surface area contributed by atoms with Crippen molar-refractivity contribution < 1.29 is 0 Å². The summed E-state index contributed by atoms with van der Waals surface area (Å²) >= 11 is 0. The monoisotopic (exact) mass is 268 g/mol. The van der Waals surface area contributed by atoms with Crippen molar-refractivity contribution in [3.63, 3.8) is 0 Å². The van der Waals surface area contributed by atoms with Crippen molar-refractivity contribution in [3.05, 3.63) is 65.7 Å². The second-order valence-electron chi connectivity index (χ2n) is 5.47. The van der Waals surface area contributed by atoms with E-state index in [1.54, 1.807) is 0 Å². The van der Waals surface area contributed by atoms with E-state index in [0.29, 0.717) is 12.5 Å². The van der Waals surface area contributed by atoms with E-state index in [1.807, 2.05) is 6.07 Å². The molecule has 1 atom stereocenters. The summed E-state index contributed by atoms with van der Waals surface area (Å²) in [6.45, 7) is 5.11. The van der Waals surface area contributed by atoms with E-state index in [9.17, 15) is 0 Å². The molecule has 0 aromatic heterocycles. The highest BCUT2D eigenvalue weighted by Crippen LogP contribution is 2.24. The van der Waals surface area contributed by atoms with Crippen LogP contribution in [0.1, 0.15) is 43.4 Å². The molecule has 2 aromatic rings. The third-order valence-corrected chi connectivity index (χ3v) is 3.55. The molecule has 1 unspecified atom stereocenters. The van der Waals surface area contributed by atoms with Crippen LogP contribution in [-0.2, 0) is 0 Å². The third-order valence-electron chi connectivity index (χ3n) is 3.55. The maximum Gasteiger partial charge on any atom is 0.0525 e. The predicted molar refractivity (Wildman–Crippen MR) is 87.0 cm³/mol. The molecule has 3 N–H and O–H groups in total. The Morgan fingerprint density at radius 1 is 0.950 bits per heavy atom. The molecule has 20 heavy (non-hydrogen) atoms. The molecule has 2 aromatic carbocycles. The summed E-state index contributed by atoms with van der Waals surface area (Å²) in [5, 5.41) is 3.61. The Hall–Kier alpha value is -1.80. The van der Waals surface area contributed by atoms with Gasteiger partial charge in [-0.05, 0) is 42.1 Å². The van der Waals surface area contributed by atoms with Crippen LogP contribution >= 0.6 is 0 Å². The maximum atomic E-state index is 5.76. The lowest BCUT2D eigenvalue weighted by Gasteiger charge is -2.20. The lowest BCUT2D eigenvalue weighted by atomic mass is 10.0. The van der Waals surface area contributed by atoms with Crippen LogP contribution in [0.15, 0.2) is 54.6 Å². The molecule has 0 saturated heterocycles. The molecule has 0 saturated carbocycles. The fourth-order valence-electron chi connectivity index (χ4n) is 2.36. The summed E-state index contributed by atoms with van der Waals surface area (Å²) in [6, 6.07) is 19.4. The minimum Gasteiger partial charge on any atom is -0.378 e. The smallest absolute Gasteiger partial charge is 0.0525 e. The van der Waals surface area contributed by atoms with Crippen molar-refractivity contribution in [2.24, 2.45) is 5.73 Å². The van der Waals surface area contributed by atoms with Gasteiger partial charge in [0.25, 0.3) is 0 Å². The van der Waals surface area contributed by atoms with Crippen molar-refractivity contribution >= 4 is 5.69 Å². The topological polar surface area (TPSA) is 38.0 Å². The fourth-order valence-corrected chi connectivity index (χ4v) is 2.36. The summed E-state index contributed by atoms with van der Waals surface area (Å²) < 4.78 is 0. The molecule has 0 amide bonds. The second-order valence-corrected chi connectivity index (χ2v) is 5.47. The van der Waals surface area contributed by atoms with Gasteiger partial charge in [-0.3, -0.25) is 0 Å². The van der Waals surface area contributed by atoms with Crippen LogP contribution in [0.25, 0.3) is 0 Å². The Bertz CT molecular complexity index is 520. The van der Waals surface area contributed by atoms with E-state index >= 15 is 0 Å². The molecule has 0 heterocycles. The Labute approximate surface area is 122 Å². The summed E-state index contributed by atoms with van der Waals surface area (Å²) in [5.41, 5.74) is 9.56. The van der Waals surface area contributed by atoms with Gasteiger partial charge in [-0.2, -0.15) is 0 Å². The number of nitrogens with two attached hydrogens (primary N) is 1. The van der Waals surface area contributed by atoms with Crippen LogP contribution in [0.5, 0.6) is 0 Å². The summed E-state index contributed by atoms with van der Waals surface area (Å²) in [4.78, 5) is 0. The Morgan fingerprint density at radius 2 is 1.65 bits per heavy atom. The predicted octanol–water partition coefficient (Wildman–Crippen LogP) is 4.31. The molecule has 0 radical (unpaired) electrons. The van der Waals surface area contributed by atoms with Crippen LogP contribution in [0.2, 0.25) is 0 Å². The number of hydrogen-bond acceptors (Lipinski definition) is 2. The van der Waals surface area contributed by atoms with Crippen LogP contribution in [0.4, 0.5) is 5.69 Å². The van der Waals surface area contributed by atoms with Crippen LogP contribution in [0, 0.1) is 0 Å². The molecule has 0 bridgehead atoms. The van der Waals surface area contributed by atoms with Crippen molar-refractivity contribution in [1.82, 2.24) is 0 Å². The van der Waals surface area contributed by atoms with Crippen LogP contribution in [0.3, 0.4) is 0 Å². The highest BCUT2D eigenvalue weighted by Gasteiger charge is 2.10. The lowest BCUT2D eigenvalue weighted by Crippen LogP contribution is -2.15. The maximum absolute atomic E-state index is 5.76. The van der Waals surface area contributed by atoms with Crippen LogP contribution < -0.4 is 11.1 Å². The number of hydrogen-bond donors (Lipinski definition) is 2. The standard InChI is InChI=1S/C18H24N2/c1-14(2)16-9-6-10-17(13-16)20-18(11-12-19)15-7-4-3-5-8-15/h3-10,13-14,18,20H,11-12,19H2,1-2H3. The van der Waals surface area contributed by atoms with Crippen molar-refractivity contribution in [2.75, 3.05) is 11.9 Å².